The largest absolute Gasteiger partial charge is 0.508 e. The van der Waals surface area contributed by atoms with Gasteiger partial charge in [-0.25, -0.2) is 0 Å². The molecule has 0 aliphatic heterocycles. The molecule has 0 spiro atoms. The number of nitrogens with zero attached hydrogens (tertiary/aromatic N) is 1. The Bertz CT molecular complexity index is 746. The van der Waals surface area contributed by atoms with Gasteiger partial charge in [0, 0.05) is 17.7 Å². The van der Waals surface area contributed by atoms with Gasteiger partial charge in [-0.3, -0.25) is 10.1 Å². The first-order valence-electron chi connectivity index (χ1n) is 6.17. The smallest absolute Gasteiger partial charge is 0.417 e. The Kier molecular flexibility index (Phi) is 4.17. The van der Waals surface area contributed by atoms with Crippen molar-refractivity contribution < 1.29 is 36.4 Å². The number of phenolic OH excluding ortho intramolecular Hbond substituents is 1. The van der Waals surface area contributed by atoms with Crippen molar-refractivity contribution in [3.63, 3.8) is 0 Å². The maximum Gasteiger partial charge on any atom is 0.417 e. The molecule has 0 amide bonds. The normalized spacial score (nSPS) is 12.2. The highest BCUT2D eigenvalue weighted by molar-refractivity contribution is 5.75. The van der Waals surface area contributed by atoms with Gasteiger partial charge in [0.1, 0.15) is 5.75 Å². The molecule has 128 valence electrons. The number of benzene rings is 2. The van der Waals surface area contributed by atoms with Gasteiger partial charge in [-0.05, 0) is 17.7 Å². The van der Waals surface area contributed by atoms with Crippen LogP contribution in [0.3, 0.4) is 0 Å². The monoisotopic (exact) mass is 351 g/mol. The standard InChI is InChI=1S/C14H7F6NO3/c15-13(16,17)10-5-8(21(23)24)6-11(14(18,19)20)12(10)7-1-3-9(22)4-2-7/h1-6,22H. The van der Waals surface area contributed by atoms with E-state index in [2.05, 4.69) is 0 Å². The second-order valence-electron chi connectivity index (χ2n) is 4.72. The first-order chi connectivity index (χ1) is 10.9. The molecule has 2 aromatic rings. The highest BCUT2D eigenvalue weighted by Crippen LogP contribution is 2.46. The van der Waals surface area contributed by atoms with E-state index in [0.717, 1.165) is 24.3 Å². The number of hydrogen-bond donors (Lipinski definition) is 1. The highest BCUT2D eigenvalue weighted by atomic mass is 19.4. The van der Waals surface area contributed by atoms with Crippen molar-refractivity contribution in [3.05, 3.63) is 57.6 Å². The van der Waals surface area contributed by atoms with E-state index in [9.17, 15) is 36.5 Å². The number of nitro groups is 1. The van der Waals surface area contributed by atoms with Crippen LogP contribution in [0.5, 0.6) is 5.75 Å². The average Bonchev–Trinajstić information content (AvgIpc) is 2.44. The molecule has 0 aliphatic carbocycles. The molecule has 0 unspecified atom stereocenters. The number of halogens is 6. The summed E-state index contributed by atoms with van der Waals surface area (Å²) in [6.07, 6.45) is -10.5. The number of hydrogen-bond acceptors (Lipinski definition) is 3. The highest BCUT2D eigenvalue weighted by Gasteiger charge is 2.43. The van der Waals surface area contributed by atoms with Crippen LogP contribution in [0.2, 0.25) is 0 Å². The second-order valence-corrected chi connectivity index (χ2v) is 4.72. The minimum atomic E-state index is -5.25. The number of phenols is 1. The summed E-state index contributed by atoms with van der Waals surface area (Å²) in [7, 11) is 0. The number of non-ortho nitro benzene ring substituents is 1. The third-order valence-corrected chi connectivity index (χ3v) is 3.10. The molecule has 2 rings (SSSR count). The first kappa shape index (κ1) is 17.6. The Balaban J connectivity index is 2.92. The van der Waals surface area contributed by atoms with E-state index in [4.69, 9.17) is 5.11 Å². The fourth-order valence-electron chi connectivity index (χ4n) is 2.12. The van der Waals surface area contributed by atoms with Gasteiger partial charge in [0.25, 0.3) is 5.69 Å². The van der Waals surface area contributed by atoms with Gasteiger partial charge < -0.3 is 5.11 Å². The summed E-state index contributed by atoms with van der Waals surface area (Å²) in [5, 5.41) is 19.8. The van der Waals surface area contributed by atoms with Crippen molar-refractivity contribution >= 4 is 5.69 Å². The molecule has 0 saturated heterocycles. The number of nitro benzene ring substituents is 1. The molecule has 0 radical (unpaired) electrons. The van der Waals surface area contributed by atoms with Crippen LogP contribution in [0, 0.1) is 10.1 Å². The summed E-state index contributed by atoms with van der Waals surface area (Å²) >= 11 is 0. The molecular formula is C14H7F6NO3. The van der Waals surface area contributed by atoms with Gasteiger partial charge >= 0.3 is 12.4 Å². The number of rotatable bonds is 2. The Hall–Kier alpha value is -2.78. The van der Waals surface area contributed by atoms with E-state index in [1.54, 1.807) is 0 Å². The van der Waals surface area contributed by atoms with Crippen LogP contribution < -0.4 is 0 Å². The van der Waals surface area contributed by atoms with Gasteiger partial charge in [0.15, 0.2) is 0 Å². The van der Waals surface area contributed by atoms with Crippen molar-refractivity contribution in [1.29, 1.82) is 0 Å². The zero-order chi connectivity index (χ0) is 18.3. The SMILES string of the molecule is O=[N+]([O-])c1cc(C(F)(F)F)c(-c2ccc(O)cc2)c(C(F)(F)F)c1. The maximum absolute atomic E-state index is 13.2. The lowest BCUT2D eigenvalue weighted by molar-refractivity contribution is -0.385. The molecular weight excluding hydrogens is 344 g/mol. The summed E-state index contributed by atoms with van der Waals surface area (Å²) in [4.78, 5) is 9.36. The van der Waals surface area contributed by atoms with Gasteiger partial charge in [-0.15, -0.1) is 0 Å². The number of alkyl halides is 6. The van der Waals surface area contributed by atoms with Gasteiger partial charge in [-0.1, -0.05) is 12.1 Å². The molecule has 2 aromatic carbocycles. The summed E-state index contributed by atoms with van der Waals surface area (Å²) in [5.41, 5.74) is -6.61. The van der Waals surface area contributed by atoms with E-state index in [-0.39, 0.29) is 17.9 Å². The van der Waals surface area contributed by atoms with Gasteiger partial charge in [-0.2, -0.15) is 26.3 Å². The lowest BCUT2D eigenvalue weighted by atomic mass is 9.92. The van der Waals surface area contributed by atoms with Crippen LogP contribution in [0.25, 0.3) is 11.1 Å². The Morgan fingerprint density at radius 3 is 1.62 bits per heavy atom. The Morgan fingerprint density at radius 1 is 0.875 bits per heavy atom. The zero-order valence-corrected chi connectivity index (χ0v) is 11.4. The van der Waals surface area contributed by atoms with Crippen molar-refractivity contribution in [3.8, 4) is 16.9 Å². The molecule has 0 aromatic heterocycles. The van der Waals surface area contributed by atoms with E-state index < -0.39 is 45.2 Å². The Morgan fingerprint density at radius 2 is 1.29 bits per heavy atom. The minimum absolute atomic E-state index is 0.0530. The summed E-state index contributed by atoms with van der Waals surface area (Å²) < 4.78 is 79.1. The average molecular weight is 351 g/mol. The van der Waals surface area contributed by atoms with Crippen LogP contribution >= 0.6 is 0 Å². The molecule has 1 N–H and O–H groups in total. The third-order valence-electron chi connectivity index (χ3n) is 3.10. The lowest BCUT2D eigenvalue weighted by Crippen LogP contribution is -2.15. The molecule has 4 nitrogen and oxygen atoms in total. The van der Waals surface area contributed by atoms with Gasteiger partial charge in [0.05, 0.1) is 16.1 Å². The molecule has 0 fully saturated rings. The quantitative estimate of drug-likeness (QED) is 0.470. The summed E-state index contributed by atoms with van der Waals surface area (Å²) in [6, 6.07) is 3.66. The topological polar surface area (TPSA) is 63.4 Å². The molecule has 0 aliphatic rings. The first-order valence-corrected chi connectivity index (χ1v) is 6.17. The van der Waals surface area contributed by atoms with Crippen molar-refractivity contribution in [1.82, 2.24) is 0 Å². The van der Waals surface area contributed by atoms with E-state index in [0.29, 0.717) is 0 Å². The Labute approximate surface area is 130 Å². The minimum Gasteiger partial charge on any atom is -0.508 e. The summed E-state index contributed by atoms with van der Waals surface area (Å²) in [5.74, 6) is -0.359. The van der Waals surface area contributed by atoms with Crippen molar-refractivity contribution in [2.24, 2.45) is 0 Å². The number of aromatic hydroxyl groups is 1. The molecule has 10 heteroatoms. The van der Waals surface area contributed by atoms with E-state index >= 15 is 0 Å². The third kappa shape index (κ3) is 3.42. The zero-order valence-electron chi connectivity index (χ0n) is 11.4. The molecule has 0 bridgehead atoms. The van der Waals surface area contributed by atoms with Gasteiger partial charge in [0.2, 0.25) is 0 Å². The molecule has 0 atom stereocenters. The van der Waals surface area contributed by atoms with Crippen LogP contribution in [0.1, 0.15) is 11.1 Å². The summed E-state index contributed by atoms with van der Waals surface area (Å²) in [6.45, 7) is 0. The predicted molar refractivity (Wildman–Crippen MR) is 70.2 cm³/mol. The fraction of sp³-hybridized carbons (Fsp3) is 0.143. The molecule has 0 heterocycles. The lowest BCUT2D eigenvalue weighted by Gasteiger charge is -2.19. The van der Waals surface area contributed by atoms with E-state index in [1.807, 2.05) is 0 Å². The fourth-order valence-corrected chi connectivity index (χ4v) is 2.12. The van der Waals surface area contributed by atoms with Crippen LogP contribution in [0.4, 0.5) is 32.0 Å². The van der Waals surface area contributed by atoms with Crippen LogP contribution in [-0.2, 0) is 12.4 Å². The second kappa shape index (κ2) is 5.69. The van der Waals surface area contributed by atoms with E-state index in [1.165, 1.54) is 0 Å². The van der Waals surface area contributed by atoms with Crippen molar-refractivity contribution in [2.75, 3.05) is 0 Å². The maximum atomic E-state index is 13.2. The van der Waals surface area contributed by atoms with Crippen LogP contribution in [0.15, 0.2) is 36.4 Å². The molecule has 0 saturated carbocycles. The molecule has 24 heavy (non-hydrogen) atoms. The predicted octanol–water partition coefficient (Wildman–Crippen LogP) is 5.01. The van der Waals surface area contributed by atoms with Crippen LogP contribution in [-0.4, -0.2) is 10.0 Å². The van der Waals surface area contributed by atoms with Crippen molar-refractivity contribution in [2.45, 2.75) is 12.4 Å².